The summed E-state index contributed by atoms with van der Waals surface area (Å²) in [5.74, 6) is -0.304. The Morgan fingerprint density at radius 3 is 2.38 bits per heavy atom. The van der Waals surface area contributed by atoms with Crippen LogP contribution in [0.15, 0.2) is 36.4 Å². The van der Waals surface area contributed by atoms with Crippen LogP contribution in [-0.4, -0.2) is 26.6 Å². The van der Waals surface area contributed by atoms with Crippen LogP contribution in [0.4, 0.5) is 5.69 Å². The number of nitrogens with zero attached hydrogens (tertiary/aromatic N) is 1. The minimum absolute atomic E-state index is 0.175. The Hall–Kier alpha value is -2.05. The number of carbonyl (C=O) groups excluding carboxylic acids is 1. The van der Waals surface area contributed by atoms with Crippen LogP contribution in [0.5, 0.6) is 0 Å². The van der Waals surface area contributed by atoms with Gasteiger partial charge in [-0.1, -0.05) is 49.7 Å². The number of fused-ring (bicyclic) bond motifs is 1. The first-order chi connectivity index (χ1) is 15.2. The molecule has 0 fully saturated rings. The number of carbonyl (C=O) groups is 1. The molecule has 0 aliphatic heterocycles. The first-order valence-electron chi connectivity index (χ1n) is 11.3. The van der Waals surface area contributed by atoms with Crippen LogP contribution in [0.25, 0.3) is 0 Å². The van der Waals surface area contributed by atoms with Gasteiger partial charge in [0.05, 0.1) is 18.0 Å². The molecule has 174 valence electrons. The monoisotopic (exact) mass is 476 g/mol. The molecule has 0 spiro atoms. The van der Waals surface area contributed by atoms with Crippen molar-refractivity contribution in [1.29, 1.82) is 0 Å². The van der Waals surface area contributed by atoms with Gasteiger partial charge >= 0.3 is 0 Å². The van der Waals surface area contributed by atoms with E-state index in [-0.39, 0.29) is 11.9 Å². The van der Waals surface area contributed by atoms with Crippen molar-refractivity contribution in [3.05, 3.63) is 63.7 Å². The third kappa shape index (κ3) is 5.46. The van der Waals surface area contributed by atoms with Gasteiger partial charge in [-0.15, -0.1) is 0 Å². The molecule has 1 aliphatic carbocycles. The van der Waals surface area contributed by atoms with Gasteiger partial charge < -0.3 is 5.32 Å². The summed E-state index contributed by atoms with van der Waals surface area (Å²) in [5, 5.41) is 3.55. The van der Waals surface area contributed by atoms with Crippen molar-refractivity contribution < 1.29 is 13.2 Å². The van der Waals surface area contributed by atoms with Crippen molar-refractivity contribution in [3.8, 4) is 0 Å². The van der Waals surface area contributed by atoms with Crippen LogP contribution < -0.4 is 9.62 Å². The van der Waals surface area contributed by atoms with E-state index in [4.69, 9.17) is 11.6 Å². The summed E-state index contributed by atoms with van der Waals surface area (Å²) >= 11 is 6.16. The standard InChI is InChI=1S/C25H33ClN2O3S/c1-5-22(20-13-12-18-9-7-8-10-19(18)15-20)27-25(29)23(6-2)28(32(4,30)31)24-16-21(26)14-11-17(24)3/h11-16,22-23H,5-10H2,1-4H3,(H,27,29)/t22-,23-/m1/s1. The lowest BCUT2D eigenvalue weighted by atomic mass is 9.88. The van der Waals surface area contributed by atoms with Crippen molar-refractivity contribution in [2.75, 3.05) is 10.6 Å². The Balaban J connectivity index is 1.91. The minimum Gasteiger partial charge on any atom is -0.347 e. The Labute approximate surface area is 197 Å². The zero-order valence-corrected chi connectivity index (χ0v) is 20.9. The molecular formula is C25H33ClN2O3S. The normalized spacial score (nSPS) is 15.5. The summed E-state index contributed by atoms with van der Waals surface area (Å²) in [4.78, 5) is 13.4. The number of anilines is 1. The number of sulfonamides is 1. The summed E-state index contributed by atoms with van der Waals surface area (Å²) in [7, 11) is -3.72. The molecule has 1 aliphatic rings. The highest BCUT2D eigenvalue weighted by Gasteiger charge is 2.33. The van der Waals surface area contributed by atoms with E-state index in [1.807, 2.05) is 20.8 Å². The van der Waals surface area contributed by atoms with E-state index in [2.05, 4.69) is 23.5 Å². The van der Waals surface area contributed by atoms with E-state index in [1.165, 1.54) is 28.3 Å². The van der Waals surface area contributed by atoms with E-state index in [9.17, 15) is 13.2 Å². The fraction of sp³-hybridized carbons (Fsp3) is 0.480. The van der Waals surface area contributed by atoms with Crippen molar-refractivity contribution >= 4 is 33.2 Å². The van der Waals surface area contributed by atoms with E-state index < -0.39 is 16.1 Å². The molecule has 0 unspecified atom stereocenters. The van der Waals surface area contributed by atoms with Crippen molar-refractivity contribution in [3.63, 3.8) is 0 Å². The molecule has 32 heavy (non-hydrogen) atoms. The predicted molar refractivity (Wildman–Crippen MR) is 132 cm³/mol. The van der Waals surface area contributed by atoms with Crippen LogP contribution in [0.2, 0.25) is 5.02 Å². The van der Waals surface area contributed by atoms with Crippen LogP contribution >= 0.6 is 11.6 Å². The number of hydrogen-bond donors (Lipinski definition) is 1. The topological polar surface area (TPSA) is 66.5 Å². The fourth-order valence-corrected chi connectivity index (χ4v) is 5.94. The minimum atomic E-state index is -3.72. The fourth-order valence-electron chi connectivity index (χ4n) is 4.51. The summed E-state index contributed by atoms with van der Waals surface area (Å²) in [6.07, 6.45) is 6.79. The van der Waals surface area contributed by atoms with Gasteiger partial charge in [0.15, 0.2) is 0 Å². The van der Waals surface area contributed by atoms with Gasteiger partial charge in [0.25, 0.3) is 0 Å². The van der Waals surface area contributed by atoms with Crippen LogP contribution in [0, 0.1) is 6.92 Å². The molecule has 0 saturated heterocycles. The highest BCUT2D eigenvalue weighted by molar-refractivity contribution is 7.92. The third-order valence-corrected chi connectivity index (χ3v) is 7.64. The maximum Gasteiger partial charge on any atom is 0.244 e. The first-order valence-corrected chi connectivity index (χ1v) is 13.6. The predicted octanol–water partition coefficient (Wildman–Crippen LogP) is 5.34. The zero-order chi connectivity index (χ0) is 23.5. The van der Waals surface area contributed by atoms with Crippen molar-refractivity contribution in [2.45, 2.75) is 71.4 Å². The molecule has 2 aromatic rings. The van der Waals surface area contributed by atoms with E-state index in [0.717, 1.165) is 36.6 Å². The SMILES string of the molecule is CC[C@H](C(=O)N[C@H](CC)c1ccc2c(c1)CCCC2)N(c1cc(Cl)ccc1C)S(C)(=O)=O. The average molecular weight is 477 g/mol. The van der Waals surface area contributed by atoms with E-state index >= 15 is 0 Å². The lowest BCUT2D eigenvalue weighted by Crippen LogP contribution is -2.50. The molecule has 3 rings (SSSR count). The maximum absolute atomic E-state index is 13.4. The molecule has 7 heteroatoms. The third-order valence-electron chi connectivity index (χ3n) is 6.24. The van der Waals surface area contributed by atoms with Crippen LogP contribution in [0.1, 0.15) is 67.8 Å². The number of rotatable bonds is 8. The Morgan fingerprint density at radius 1 is 1.06 bits per heavy atom. The second-order valence-electron chi connectivity index (χ2n) is 8.62. The van der Waals surface area contributed by atoms with Gasteiger partial charge in [0, 0.05) is 5.02 Å². The summed E-state index contributed by atoms with van der Waals surface area (Å²) in [5.41, 5.74) is 5.01. The lowest BCUT2D eigenvalue weighted by molar-refractivity contribution is -0.123. The number of hydrogen-bond acceptors (Lipinski definition) is 3. The van der Waals surface area contributed by atoms with E-state index in [1.54, 1.807) is 18.2 Å². The smallest absolute Gasteiger partial charge is 0.244 e. The Morgan fingerprint density at radius 2 is 1.75 bits per heavy atom. The maximum atomic E-state index is 13.4. The van der Waals surface area contributed by atoms with Gasteiger partial charge in [-0.25, -0.2) is 8.42 Å². The molecule has 0 saturated carbocycles. The Bertz CT molecular complexity index is 1080. The highest BCUT2D eigenvalue weighted by atomic mass is 35.5. The largest absolute Gasteiger partial charge is 0.347 e. The molecule has 2 atom stereocenters. The van der Waals surface area contributed by atoms with Crippen LogP contribution in [0.3, 0.4) is 0 Å². The molecule has 0 heterocycles. The number of halogens is 1. The van der Waals surface area contributed by atoms with Crippen molar-refractivity contribution in [2.24, 2.45) is 0 Å². The number of benzene rings is 2. The molecular weight excluding hydrogens is 444 g/mol. The molecule has 2 aromatic carbocycles. The zero-order valence-electron chi connectivity index (χ0n) is 19.3. The number of amides is 1. The molecule has 0 aromatic heterocycles. The summed E-state index contributed by atoms with van der Waals surface area (Å²) in [6, 6.07) is 10.5. The van der Waals surface area contributed by atoms with Gasteiger partial charge in [0.1, 0.15) is 6.04 Å². The van der Waals surface area contributed by atoms with Gasteiger partial charge in [0.2, 0.25) is 15.9 Å². The molecule has 1 N–H and O–H groups in total. The number of aryl methyl sites for hydroxylation is 3. The van der Waals surface area contributed by atoms with E-state index in [0.29, 0.717) is 17.1 Å². The Kier molecular flexibility index (Phi) is 7.88. The highest BCUT2D eigenvalue weighted by Crippen LogP contribution is 2.30. The van der Waals surface area contributed by atoms with Gasteiger partial charge in [-0.2, -0.15) is 0 Å². The van der Waals surface area contributed by atoms with Crippen LogP contribution in [-0.2, 0) is 27.7 Å². The summed E-state index contributed by atoms with van der Waals surface area (Å²) in [6.45, 7) is 5.67. The molecule has 0 bridgehead atoms. The van der Waals surface area contributed by atoms with Crippen molar-refractivity contribution in [1.82, 2.24) is 5.32 Å². The first kappa shape index (κ1) is 24.6. The molecule has 0 radical (unpaired) electrons. The average Bonchev–Trinajstić information content (AvgIpc) is 2.76. The quantitative estimate of drug-likeness (QED) is 0.559. The lowest BCUT2D eigenvalue weighted by Gasteiger charge is -2.32. The molecule has 5 nitrogen and oxygen atoms in total. The van der Waals surface area contributed by atoms with Gasteiger partial charge in [-0.05, 0) is 79.8 Å². The number of nitrogens with one attached hydrogen (secondary N) is 1. The summed E-state index contributed by atoms with van der Waals surface area (Å²) < 4.78 is 26.8. The van der Waals surface area contributed by atoms with Gasteiger partial charge in [-0.3, -0.25) is 9.10 Å². The second-order valence-corrected chi connectivity index (χ2v) is 10.9. The molecule has 1 amide bonds. The second kappa shape index (κ2) is 10.3.